The molecule has 0 bridgehead atoms. The molecular weight excluding hydrogens is 142 g/mol. The highest BCUT2D eigenvalue weighted by Crippen LogP contribution is 2.20. The Morgan fingerprint density at radius 3 is 3.09 bits per heavy atom. The van der Waals surface area contributed by atoms with Crippen LogP contribution in [0, 0.1) is 12.3 Å². The molecule has 3 nitrogen and oxygen atoms in total. The van der Waals surface area contributed by atoms with Gasteiger partial charge in [-0.25, -0.2) is 0 Å². The maximum atomic E-state index is 8.79. The first-order valence-electron chi connectivity index (χ1n) is 3.33. The predicted molar refractivity (Wildman–Crippen MR) is 40.0 cm³/mol. The van der Waals surface area contributed by atoms with Gasteiger partial charge in [0, 0.05) is 18.4 Å². The zero-order valence-electron chi connectivity index (χ0n) is 6.24. The van der Waals surface area contributed by atoms with Crippen molar-refractivity contribution in [1.29, 1.82) is 0 Å². The molecule has 0 fully saturated rings. The molecule has 1 aromatic rings. The molecule has 11 heavy (non-hydrogen) atoms. The maximum absolute atomic E-state index is 8.79. The van der Waals surface area contributed by atoms with E-state index in [4.69, 9.17) is 11.5 Å². The SMILES string of the molecule is C#CCC(C)c1cc(O)on1. The zero-order valence-corrected chi connectivity index (χ0v) is 6.24. The van der Waals surface area contributed by atoms with E-state index >= 15 is 0 Å². The Kier molecular flexibility index (Phi) is 2.17. The summed E-state index contributed by atoms with van der Waals surface area (Å²) in [4.78, 5) is 0. The smallest absolute Gasteiger partial charge is 0.308 e. The Morgan fingerprint density at radius 2 is 2.64 bits per heavy atom. The van der Waals surface area contributed by atoms with Crippen LogP contribution in [0.15, 0.2) is 10.6 Å². The van der Waals surface area contributed by atoms with Crippen LogP contribution < -0.4 is 0 Å². The molecule has 0 aliphatic carbocycles. The monoisotopic (exact) mass is 151 g/mol. The van der Waals surface area contributed by atoms with Gasteiger partial charge in [0.1, 0.15) is 0 Å². The molecule has 0 aliphatic rings. The van der Waals surface area contributed by atoms with Gasteiger partial charge in [0.05, 0.1) is 5.69 Å². The van der Waals surface area contributed by atoms with Crippen LogP contribution in [0.4, 0.5) is 0 Å². The zero-order chi connectivity index (χ0) is 8.27. The fourth-order valence-electron chi connectivity index (χ4n) is 0.792. The first-order valence-corrected chi connectivity index (χ1v) is 3.33. The van der Waals surface area contributed by atoms with Crippen molar-refractivity contribution in [2.24, 2.45) is 0 Å². The number of terminal acetylenes is 1. The highest BCUT2D eigenvalue weighted by molar-refractivity contribution is 5.14. The van der Waals surface area contributed by atoms with Crippen molar-refractivity contribution in [3.63, 3.8) is 0 Å². The van der Waals surface area contributed by atoms with Crippen molar-refractivity contribution < 1.29 is 9.63 Å². The van der Waals surface area contributed by atoms with Crippen LogP contribution in [0.25, 0.3) is 0 Å². The Labute approximate surface area is 65.0 Å². The van der Waals surface area contributed by atoms with E-state index in [1.807, 2.05) is 6.92 Å². The molecule has 0 aliphatic heterocycles. The number of hydrogen-bond donors (Lipinski definition) is 1. The van der Waals surface area contributed by atoms with Crippen LogP contribution in [-0.4, -0.2) is 10.3 Å². The van der Waals surface area contributed by atoms with E-state index in [1.165, 1.54) is 6.07 Å². The standard InChI is InChI=1S/C8H9NO2/c1-3-4-6(2)7-5-8(10)11-9-7/h1,5-6,10H,4H2,2H3. The molecule has 1 heterocycles. The molecule has 1 unspecified atom stereocenters. The van der Waals surface area contributed by atoms with Crippen LogP contribution >= 0.6 is 0 Å². The van der Waals surface area contributed by atoms with E-state index in [9.17, 15) is 0 Å². The molecule has 1 atom stereocenters. The number of nitrogens with zero attached hydrogens (tertiary/aromatic N) is 1. The van der Waals surface area contributed by atoms with Gasteiger partial charge in [-0.1, -0.05) is 12.1 Å². The van der Waals surface area contributed by atoms with Crippen molar-refractivity contribution in [2.75, 3.05) is 0 Å². The lowest BCUT2D eigenvalue weighted by Crippen LogP contribution is -1.90. The summed E-state index contributed by atoms with van der Waals surface area (Å²) in [6, 6.07) is 1.47. The number of aromatic hydroxyl groups is 1. The van der Waals surface area contributed by atoms with E-state index in [2.05, 4.69) is 15.6 Å². The van der Waals surface area contributed by atoms with Gasteiger partial charge < -0.3 is 9.63 Å². The Bertz CT molecular complexity index is 272. The number of rotatable bonds is 2. The largest absolute Gasteiger partial charge is 0.479 e. The summed E-state index contributed by atoms with van der Waals surface area (Å²) in [5.74, 6) is 2.49. The van der Waals surface area contributed by atoms with Gasteiger partial charge in [-0.15, -0.1) is 12.3 Å². The fourth-order valence-corrected chi connectivity index (χ4v) is 0.792. The van der Waals surface area contributed by atoms with E-state index in [-0.39, 0.29) is 11.9 Å². The van der Waals surface area contributed by atoms with Crippen LogP contribution in [0.2, 0.25) is 0 Å². The molecule has 0 spiro atoms. The summed E-state index contributed by atoms with van der Waals surface area (Å²) in [6.07, 6.45) is 5.71. The Morgan fingerprint density at radius 1 is 1.91 bits per heavy atom. The van der Waals surface area contributed by atoms with E-state index < -0.39 is 0 Å². The lowest BCUT2D eigenvalue weighted by atomic mass is 10.1. The highest BCUT2D eigenvalue weighted by atomic mass is 16.5. The summed E-state index contributed by atoms with van der Waals surface area (Å²) in [5, 5.41) is 12.4. The second kappa shape index (κ2) is 3.11. The molecule has 0 radical (unpaired) electrons. The average Bonchev–Trinajstić information content (AvgIpc) is 2.36. The molecule has 3 heteroatoms. The van der Waals surface area contributed by atoms with Gasteiger partial charge >= 0.3 is 5.95 Å². The van der Waals surface area contributed by atoms with Crippen molar-refractivity contribution >= 4 is 0 Å². The third-order valence-corrected chi connectivity index (χ3v) is 1.44. The molecular formula is C8H9NO2. The van der Waals surface area contributed by atoms with Gasteiger partial charge in [0.2, 0.25) is 0 Å². The third-order valence-electron chi connectivity index (χ3n) is 1.44. The van der Waals surface area contributed by atoms with Crippen LogP contribution in [0.1, 0.15) is 25.0 Å². The first-order chi connectivity index (χ1) is 5.24. The topological polar surface area (TPSA) is 46.3 Å². The first kappa shape index (κ1) is 7.67. The highest BCUT2D eigenvalue weighted by Gasteiger charge is 2.09. The molecule has 1 N–H and O–H groups in total. The summed E-state index contributed by atoms with van der Waals surface area (Å²) in [5.41, 5.74) is 0.695. The number of hydrogen-bond acceptors (Lipinski definition) is 3. The van der Waals surface area contributed by atoms with Gasteiger partial charge in [-0.3, -0.25) is 0 Å². The maximum Gasteiger partial charge on any atom is 0.308 e. The molecule has 0 aromatic carbocycles. The van der Waals surface area contributed by atoms with E-state index in [0.29, 0.717) is 12.1 Å². The van der Waals surface area contributed by atoms with Crippen molar-refractivity contribution in [3.05, 3.63) is 11.8 Å². The summed E-state index contributed by atoms with van der Waals surface area (Å²) in [7, 11) is 0. The normalized spacial score (nSPS) is 12.4. The van der Waals surface area contributed by atoms with Crippen molar-refractivity contribution in [1.82, 2.24) is 5.16 Å². The van der Waals surface area contributed by atoms with Crippen molar-refractivity contribution in [2.45, 2.75) is 19.3 Å². The summed E-state index contributed by atoms with van der Waals surface area (Å²) >= 11 is 0. The minimum absolute atomic E-state index is 0.143. The minimum Gasteiger partial charge on any atom is -0.479 e. The molecule has 1 aromatic heterocycles. The molecule has 0 amide bonds. The van der Waals surface area contributed by atoms with Crippen LogP contribution in [-0.2, 0) is 0 Å². The van der Waals surface area contributed by atoms with Gasteiger partial charge in [-0.2, -0.15) is 0 Å². The van der Waals surface area contributed by atoms with Crippen LogP contribution in [0.5, 0.6) is 5.95 Å². The summed E-state index contributed by atoms with van der Waals surface area (Å²) in [6.45, 7) is 1.93. The van der Waals surface area contributed by atoms with Gasteiger partial charge in [0.15, 0.2) is 0 Å². The third kappa shape index (κ3) is 1.74. The van der Waals surface area contributed by atoms with Crippen LogP contribution in [0.3, 0.4) is 0 Å². The molecule has 58 valence electrons. The fraction of sp³-hybridized carbons (Fsp3) is 0.375. The minimum atomic E-state index is -0.163. The van der Waals surface area contributed by atoms with E-state index in [1.54, 1.807) is 0 Å². The predicted octanol–water partition coefficient (Wildman–Crippen LogP) is 1.51. The summed E-state index contributed by atoms with van der Waals surface area (Å²) < 4.78 is 4.47. The second-order valence-electron chi connectivity index (χ2n) is 2.40. The molecule has 1 rings (SSSR count). The van der Waals surface area contributed by atoms with E-state index in [0.717, 1.165) is 0 Å². The lowest BCUT2D eigenvalue weighted by Gasteiger charge is -1.98. The number of aromatic nitrogens is 1. The Hall–Kier alpha value is -1.43. The Balaban J connectivity index is 2.70. The van der Waals surface area contributed by atoms with Gasteiger partial charge in [-0.05, 0) is 0 Å². The second-order valence-corrected chi connectivity index (χ2v) is 2.40. The lowest BCUT2D eigenvalue weighted by molar-refractivity contribution is 0.275. The van der Waals surface area contributed by atoms with Crippen molar-refractivity contribution in [3.8, 4) is 18.3 Å². The average molecular weight is 151 g/mol. The molecule has 0 saturated heterocycles. The van der Waals surface area contributed by atoms with Gasteiger partial charge in [0.25, 0.3) is 0 Å². The quantitative estimate of drug-likeness (QED) is 0.651. The molecule has 0 saturated carbocycles.